The van der Waals surface area contributed by atoms with Crippen LogP contribution in [0.3, 0.4) is 0 Å². The summed E-state index contributed by atoms with van der Waals surface area (Å²) < 4.78 is 10.5. The van der Waals surface area contributed by atoms with Crippen LogP contribution in [-0.4, -0.2) is 87.9 Å². The topological polar surface area (TPSA) is 172 Å². The number of amides is 3. The maximum atomic E-state index is 11.7. The third-order valence-electron chi connectivity index (χ3n) is 4.27. The third-order valence-corrected chi connectivity index (χ3v) is 4.27. The highest BCUT2D eigenvalue weighted by atomic mass is 16.7. The van der Waals surface area contributed by atoms with Gasteiger partial charge in [0.2, 0.25) is 5.91 Å². The number of rotatable bonds is 8. The number of hydroxylamine groups is 2. The molecule has 158 valence electrons. The number of aliphatic hydroxyl groups is 3. The Hall–Kier alpha value is -2.12. The Kier molecular flexibility index (Phi) is 7.83. The molecule has 0 aromatic carbocycles. The van der Waals surface area contributed by atoms with Crippen molar-refractivity contribution < 1.29 is 48.8 Å². The van der Waals surface area contributed by atoms with Crippen LogP contribution in [0.4, 0.5) is 0 Å². The van der Waals surface area contributed by atoms with Gasteiger partial charge in [0.05, 0.1) is 19.1 Å². The molecule has 12 nitrogen and oxygen atoms in total. The first-order valence-corrected chi connectivity index (χ1v) is 8.85. The quantitative estimate of drug-likeness (QED) is 0.247. The summed E-state index contributed by atoms with van der Waals surface area (Å²) in [5.74, 6) is -2.57. The van der Waals surface area contributed by atoms with Crippen LogP contribution in [0.15, 0.2) is 0 Å². The molecule has 2 aliphatic heterocycles. The highest BCUT2D eigenvalue weighted by Gasteiger charge is 2.42. The van der Waals surface area contributed by atoms with Crippen LogP contribution < -0.4 is 5.32 Å². The summed E-state index contributed by atoms with van der Waals surface area (Å²) in [6.07, 6.45) is -6.55. The molecule has 0 aromatic rings. The number of carbonyl (C=O) groups is 4. The molecule has 0 bridgehead atoms. The molecule has 2 rings (SSSR count). The van der Waals surface area contributed by atoms with E-state index >= 15 is 0 Å². The second-order valence-electron chi connectivity index (χ2n) is 6.45. The van der Waals surface area contributed by atoms with Gasteiger partial charge in [-0.25, -0.2) is 4.79 Å². The van der Waals surface area contributed by atoms with Crippen molar-refractivity contribution >= 4 is 23.7 Å². The van der Waals surface area contributed by atoms with E-state index in [9.17, 15) is 34.5 Å². The van der Waals surface area contributed by atoms with E-state index in [1.165, 1.54) is 6.92 Å². The summed E-state index contributed by atoms with van der Waals surface area (Å²) >= 11 is 0. The van der Waals surface area contributed by atoms with Gasteiger partial charge in [0.15, 0.2) is 6.29 Å². The third kappa shape index (κ3) is 5.69. The number of nitrogens with one attached hydrogen (secondary N) is 1. The van der Waals surface area contributed by atoms with Crippen LogP contribution in [-0.2, 0) is 33.5 Å². The maximum absolute atomic E-state index is 11.7. The molecule has 4 N–H and O–H groups in total. The number of imide groups is 1. The summed E-state index contributed by atoms with van der Waals surface area (Å²) in [4.78, 5) is 50.6. The average Bonchev–Trinajstić information content (AvgIpc) is 2.97. The van der Waals surface area contributed by atoms with Crippen molar-refractivity contribution in [3.63, 3.8) is 0 Å². The van der Waals surface area contributed by atoms with Gasteiger partial charge in [0.25, 0.3) is 11.8 Å². The van der Waals surface area contributed by atoms with E-state index in [4.69, 9.17) is 9.47 Å². The van der Waals surface area contributed by atoms with Gasteiger partial charge in [-0.2, -0.15) is 0 Å². The zero-order valence-corrected chi connectivity index (χ0v) is 15.3. The predicted octanol–water partition coefficient (Wildman–Crippen LogP) is -2.67. The fourth-order valence-electron chi connectivity index (χ4n) is 2.63. The Bertz CT molecular complexity index is 596. The van der Waals surface area contributed by atoms with E-state index in [0.29, 0.717) is 5.06 Å². The number of hydrogen-bond acceptors (Lipinski definition) is 10. The minimum Gasteiger partial charge on any atom is -0.388 e. The number of ether oxygens (including phenoxy) is 2. The lowest BCUT2D eigenvalue weighted by molar-refractivity contribution is -0.292. The normalized spacial score (nSPS) is 30.4. The summed E-state index contributed by atoms with van der Waals surface area (Å²) in [6, 6.07) is 0. The summed E-state index contributed by atoms with van der Waals surface area (Å²) in [5, 5.41) is 31.9. The number of carbonyl (C=O) groups excluding carboxylic acids is 4. The van der Waals surface area contributed by atoms with Gasteiger partial charge in [0, 0.05) is 25.8 Å². The van der Waals surface area contributed by atoms with Crippen LogP contribution in [0.25, 0.3) is 0 Å². The summed E-state index contributed by atoms with van der Waals surface area (Å²) in [6.45, 7) is 1.50. The SMILES string of the molecule is C[C@@H]1O[C@@H](OCCNC(=O)CCC(=O)ON2C(=O)CCC2=O)[C@@H](O)[C@H](O)C1O. The monoisotopic (exact) mass is 404 g/mol. The number of aliphatic hydroxyl groups excluding tert-OH is 3. The molecule has 0 radical (unpaired) electrons. The Morgan fingerprint density at radius 1 is 1.11 bits per heavy atom. The zero-order chi connectivity index (χ0) is 20.8. The van der Waals surface area contributed by atoms with E-state index in [-0.39, 0.29) is 38.8 Å². The largest absolute Gasteiger partial charge is 0.388 e. The zero-order valence-electron chi connectivity index (χ0n) is 15.3. The van der Waals surface area contributed by atoms with Gasteiger partial charge < -0.3 is 34.9 Å². The van der Waals surface area contributed by atoms with Crippen LogP contribution >= 0.6 is 0 Å². The molecule has 2 heterocycles. The lowest BCUT2D eigenvalue weighted by Gasteiger charge is -2.38. The molecule has 3 amide bonds. The first-order valence-electron chi connectivity index (χ1n) is 8.85. The maximum Gasteiger partial charge on any atom is 0.333 e. The standard InChI is InChI=1S/C16H24N2O10/c1-8-13(23)14(24)15(25)16(27-8)26-7-6-17-9(19)2-5-12(22)28-18-10(20)3-4-11(18)21/h8,13-16,23-25H,2-7H2,1H3,(H,17,19)/t8-,13?,14+,15-,16+/m0/s1. The van der Waals surface area contributed by atoms with E-state index in [2.05, 4.69) is 10.2 Å². The van der Waals surface area contributed by atoms with E-state index in [1.54, 1.807) is 0 Å². The van der Waals surface area contributed by atoms with Crippen molar-refractivity contribution in [2.45, 2.75) is 63.3 Å². The van der Waals surface area contributed by atoms with Crippen LogP contribution in [0, 0.1) is 0 Å². The molecule has 0 saturated carbocycles. The first-order chi connectivity index (χ1) is 13.2. The second kappa shape index (κ2) is 9.89. The minimum atomic E-state index is -1.44. The van der Waals surface area contributed by atoms with Crippen LogP contribution in [0.2, 0.25) is 0 Å². The molecular weight excluding hydrogens is 380 g/mol. The lowest BCUT2D eigenvalue weighted by atomic mass is 10.0. The molecule has 2 aliphatic rings. The van der Waals surface area contributed by atoms with Crippen molar-refractivity contribution in [3.8, 4) is 0 Å². The fourth-order valence-corrected chi connectivity index (χ4v) is 2.63. The Labute approximate surface area is 160 Å². The van der Waals surface area contributed by atoms with Crippen LogP contribution in [0.5, 0.6) is 0 Å². The van der Waals surface area contributed by atoms with Gasteiger partial charge in [-0.3, -0.25) is 14.4 Å². The highest BCUT2D eigenvalue weighted by molar-refractivity contribution is 6.01. The molecule has 28 heavy (non-hydrogen) atoms. The first kappa shape index (κ1) is 22.2. The Morgan fingerprint density at radius 2 is 1.75 bits per heavy atom. The Morgan fingerprint density at radius 3 is 2.39 bits per heavy atom. The van der Waals surface area contributed by atoms with Gasteiger partial charge >= 0.3 is 5.97 Å². The molecule has 1 unspecified atom stereocenters. The molecule has 5 atom stereocenters. The van der Waals surface area contributed by atoms with Crippen molar-refractivity contribution in [2.75, 3.05) is 13.2 Å². The van der Waals surface area contributed by atoms with E-state index < -0.39 is 54.4 Å². The highest BCUT2D eigenvalue weighted by Crippen LogP contribution is 2.21. The van der Waals surface area contributed by atoms with Crippen molar-refractivity contribution in [1.29, 1.82) is 0 Å². The van der Waals surface area contributed by atoms with Gasteiger partial charge in [-0.15, -0.1) is 5.06 Å². The summed E-state index contributed by atoms with van der Waals surface area (Å²) in [5.41, 5.74) is 0. The molecule has 0 aliphatic carbocycles. The minimum absolute atomic E-state index is 0.0131. The fraction of sp³-hybridized carbons (Fsp3) is 0.750. The van der Waals surface area contributed by atoms with Crippen molar-refractivity contribution in [3.05, 3.63) is 0 Å². The second-order valence-corrected chi connectivity index (χ2v) is 6.45. The predicted molar refractivity (Wildman–Crippen MR) is 87.7 cm³/mol. The molecule has 12 heteroatoms. The molecule has 0 aromatic heterocycles. The smallest absolute Gasteiger partial charge is 0.333 e. The lowest BCUT2D eigenvalue weighted by Crippen LogP contribution is -2.57. The Balaban J connectivity index is 1.60. The van der Waals surface area contributed by atoms with Gasteiger partial charge in [0.1, 0.15) is 18.3 Å². The average molecular weight is 404 g/mol. The molecule has 2 fully saturated rings. The van der Waals surface area contributed by atoms with E-state index in [1.807, 2.05) is 0 Å². The molecule has 2 saturated heterocycles. The van der Waals surface area contributed by atoms with Crippen molar-refractivity contribution in [1.82, 2.24) is 10.4 Å². The van der Waals surface area contributed by atoms with Gasteiger partial charge in [-0.05, 0) is 6.92 Å². The number of nitrogens with zero attached hydrogens (tertiary/aromatic N) is 1. The van der Waals surface area contributed by atoms with Crippen molar-refractivity contribution in [2.24, 2.45) is 0 Å². The van der Waals surface area contributed by atoms with Crippen LogP contribution in [0.1, 0.15) is 32.6 Å². The van der Waals surface area contributed by atoms with Gasteiger partial charge in [-0.1, -0.05) is 0 Å². The molecule has 0 spiro atoms. The summed E-state index contributed by atoms with van der Waals surface area (Å²) in [7, 11) is 0. The number of hydrogen-bond donors (Lipinski definition) is 4. The molecular formula is C16H24N2O10. The van der Waals surface area contributed by atoms with E-state index in [0.717, 1.165) is 0 Å².